The molecule has 2 aliphatic rings. The van der Waals surface area contributed by atoms with Gasteiger partial charge in [0.1, 0.15) is 58.1 Å². The number of benzene rings is 13. The van der Waals surface area contributed by atoms with E-state index in [0.29, 0.717) is 48.2 Å². The lowest BCUT2D eigenvalue weighted by Crippen LogP contribution is -2.55. The molecule has 15 rings (SSSR count). The molecule has 10 amide bonds. The quantitative estimate of drug-likeness (QED) is 0.0123. The molecule has 13 aromatic carbocycles. The Kier molecular flexibility index (Phi) is 26.9. The summed E-state index contributed by atoms with van der Waals surface area (Å²) < 4.78 is 29.6. The van der Waals surface area contributed by atoms with Gasteiger partial charge < -0.3 is 50.0 Å². The van der Waals surface area contributed by atoms with Gasteiger partial charge in [0.2, 0.25) is 0 Å². The molecular formula is C102H84Cl4N8O14. The highest BCUT2D eigenvalue weighted by molar-refractivity contribution is 6.46. The van der Waals surface area contributed by atoms with Crippen molar-refractivity contribution in [3.8, 4) is 46.0 Å². The van der Waals surface area contributed by atoms with Gasteiger partial charge in [-0.05, 0) is 170 Å². The van der Waals surface area contributed by atoms with Crippen LogP contribution in [0.3, 0.4) is 0 Å². The number of carbonyl (C=O) groups is 10. The lowest BCUT2D eigenvalue weighted by atomic mass is 9.80. The summed E-state index contributed by atoms with van der Waals surface area (Å²) in [6, 6.07) is 66.6. The third kappa shape index (κ3) is 18.8. The summed E-state index contributed by atoms with van der Waals surface area (Å²) in [4.78, 5) is 156. The third-order valence-corrected chi connectivity index (χ3v) is 23.1. The van der Waals surface area contributed by atoms with Crippen LogP contribution in [0.5, 0.6) is 46.0 Å². The van der Waals surface area contributed by atoms with Gasteiger partial charge in [-0.1, -0.05) is 218 Å². The highest BCUT2D eigenvalue weighted by Crippen LogP contribution is 2.58. The number of likely N-dealkylation sites (N-methyl/N-ethyl adjacent to an activating group) is 2. The van der Waals surface area contributed by atoms with E-state index in [4.69, 9.17) is 65.4 Å². The molecule has 26 heteroatoms. The van der Waals surface area contributed by atoms with Crippen molar-refractivity contribution in [2.45, 2.75) is 64.5 Å². The number of fused-ring (bicyclic) bond motifs is 2. The normalized spacial score (nSPS) is 12.6. The van der Waals surface area contributed by atoms with Crippen LogP contribution in [-0.2, 0) is 67.3 Å². The fourth-order valence-corrected chi connectivity index (χ4v) is 16.5. The molecule has 4 N–H and O–H groups in total. The third-order valence-electron chi connectivity index (χ3n) is 22.4. The fourth-order valence-electron chi connectivity index (χ4n) is 16.3. The van der Waals surface area contributed by atoms with Gasteiger partial charge in [0, 0.05) is 107 Å². The van der Waals surface area contributed by atoms with E-state index in [-0.39, 0.29) is 184 Å². The molecule has 0 saturated heterocycles. The number of anilines is 2. The summed E-state index contributed by atoms with van der Waals surface area (Å²) in [5.74, 6) is -6.48. The molecule has 644 valence electrons. The van der Waals surface area contributed by atoms with E-state index in [1.165, 1.54) is 34.1 Å². The van der Waals surface area contributed by atoms with Crippen LogP contribution in [-0.4, -0.2) is 120 Å². The van der Waals surface area contributed by atoms with E-state index in [1.54, 1.807) is 208 Å². The summed E-state index contributed by atoms with van der Waals surface area (Å²) in [5.41, 5.74) is 4.75. The van der Waals surface area contributed by atoms with Gasteiger partial charge in [-0.25, -0.2) is 0 Å². The zero-order valence-electron chi connectivity index (χ0n) is 69.6. The van der Waals surface area contributed by atoms with Crippen LogP contribution in [0, 0.1) is 0 Å². The Balaban J connectivity index is 1.06. The molecule has 13 aromatic rings. The summed E-state index contributed by atoms with van der Waals surface area (Å²) >= 11 is 23.9. The molecule has 22 nitrogen and oxygen atoms in total. The molecule has 0 spiro atoms. The highest BCUT2D eigenvalue weighted by Gasteiger charge is 2.48. The number of imide groups is 2. The van der Waals surface area contributed by atoms with Crippen LogP contribution in [0.2, 0.25) is 0 Å². The Labute approximate surface area is 757 Å². The van der Waals surface area contributed by atoms with Crippen molar-refractivity contribution in [2.75, 3.05) is 49.1 Å². The van der Waals surface area contributed by atoms with E-state index >= 15 is 28.8 Å². The summed E-state index contributed by atoms with van der Waals surface area (Å²) in [5, 5.41) is 11.1. The molecule has 2 unspecified atom stereocenters. The average Bonchev–Trinajstić information content (AvgIpc) is 0.669. The summed E-state index contributed by atoms with van der Waals surface area (Å²) in [6.45, 7) is 18.7. The number of hydrogen-bond donors (Lipinski definition) is 4. The number of nitrogens with one attached hydrogen (secondary N) is 4. The highest BCUT2D eigenvalue weighted by atomic mass is 35.5. The molecule has 0 aromatic heterocycles. The number of ether oxygens (including phenoxy) is 4. The second-order valence-electron chi connectivity index (χ2n) is 30.5. The minimum absolute atomic E-state index is 0.0510. The topological polar surface area (TPSA) is 269 Å². The van der Waals surface area contributed by atoms with Crippen molar-refractivity contribution < 1.29 is 66.9 Å². The first-order chi connectivity index (χ1) is 61.9. The van der Waals surface area contributed by atoms with Gasteiger partial charge in [-0.2, -0.15) is 0 Å². The first kappa shape index (κ1) is 88.4. The Bertz CT molecular complexity index is 5920. The summed E-state index contributed by atoms with van der Waals surface area (Å²) in [6.07, 6.45) is 1.01. The molecule has 0 saturated carbocycles. The molecule has 0 radical (unpaired) electrons. The van der Waals surface area contributed by atoms with Crippen LogP contribution in [0.1, 0.15) is 88.7 Å². The van der Waals surface area contributed by atoms with Crippen LogP contribution in [0.15, 0.2) is 289 Å². The number of halogens is 4. The lowest BCUT2D eigenvalue weighted by Gasteiger charge is -2.37. The SMILES string of the molecule is C=C(Cl)C(=O)NCCc1ccc(Oc2cc3c4c(cc(Oc5ccc(CCNC(=O)C(=C)Cl)cc5)c5c6c(Oc7ccc(CCNC(=O)C(=C)Cl)cc7)cc7c8c(cc(Oc9ccc(CCNC(=O)C(=C)Cl)cc9)c(c2c45)c86)C(=O)N(C(Cc2ccccc2)C(=O)N(CC)c2ccccc2)C7=O)C(=O)N(C(Cc2ccccc2)C(=O)N(CC)c2ccccc2)C3=O)cc1. The number of para-hydroxylation sites is 2. The van der Waals surface area contributed by atoms with Crippen LogP contribution >= 0.6 is 46.4 Å². The molecule has 0 aliphatic carbocycles. The maximum Gasteiger partial charge on any atom is 0.262 e. The van der Waals surface area contributed by atoms with Gasteiger partial charge >= 0.3 is 0 Å². The lowest BCUT2D eigenvalue weighted by molar-refractivity contribution is -0.123. The van der Waals surface area contributed by atoms with Crippen molar-refractivity contribution in [3.63, 3.8) is 0 Å². The van der Waals surface area contributed by atoms with E-state index < -0.39 is 71.2 Å². The van der Waals surface area contributed by atoms with Crippen molar-refractivity contribution >= 4 is 160 Å². The van der Waals surface area contributed by atoms with E-state index in [0.717, 1.165) is 32.1 Å². The Hall–Kier alpha value is -14.4. The predicted octanol–water partition coefficient (Wildman–Crippen LogP) is 19.1. The molecule has 2 aliphatic heterocycles. The van der Waals surface area contributed by atoms with Gasteiger partial charge in [-0.15, -0.1) is 0 Å². The Morgan fingerprint density at radius 1 is 0.312 bits per heavy atom. The monoisotopic (exact) mass is 1780 g/mol. The van der Waals surface area contributed by atoms with Crippen LogP contribution in [0.4, 0.5) is 11.4 Å². The second kappa shape index (κ2) is 39.0. The Morgan fingerprint density at radius 3 is 0.758 bits per heavy atom. The van der Waals surface area contributed by atoms with Crippen molar-refractivity contribution in [2.24, 2.45) is 0 Å². The van der Waals surface area contributed by atoms with Gasteiger partial charge in [0.25, 0.3) is 59.1 Å². The first-order valence-corrected chi connectivity index (χ1v) is 42.9. The van der Waals surface area contributed by atoms with Crippen LogP contribution < -0.4 is 50.0 Å². The van der Waals surface area contributed by atoms with Crippen molar-refractivity contribution in [3.05, 3.63) is 345 Å². The molecule has 0 bridgehead atoms. The van der Waals surface area contributed by atoms with E-state index in [9.17, 15) is 19.2 Å². The number of hydrogen-bond acceptors (Lipinski definition) is 14. The number of amides is 10. The minimum atomic E-state index is -1.54. The molecule has 2 heterocycles. The average molecular weight is 1790 g/mol. The standard InChI is InChI=1S/C102H84Cl4N8O14/c1-7-111(69-25-17-11-18-26-69)101(123)79(53-67-21-13-9-14-22-67)113-97(119)75-55-81(125-71-37-29-63(30-38-71)45-49-107-93(115)59(3)103)87-89-83(127-73-41-33-65(34-42-73)47-51-109-95(117)61(5)105)57-77-86-78(100(122)114(99(77)121)80(54-68-23-15-10-16-24-68)102(124)112(8-2)70-27-19-12-20-28-70)58-84(128-74-43-35-66(36-44-74)48-52-110-96(118)62(6)106)90(92(86)89)88-82(56-76(98(113)120)85(75)91(87)88)126-72-39-31-64(32-40-72)46-50-108-94(116)60(4)104/h9-44,55-58,79-80H,3-8,45-54H2,1-2H3,(H,107,115)(H,108,116)(H,109,117)(H,110,118). The maximum atomic E-state index is 17.0. The number of nitrogens with zero attached hydrogens (tertiary/aromatic N) is 4. The minimum Gasteiger partial charge on any atom is -0.457 e. The Morgan fingerprint density at radius 2 is 0.539 bits per heavy atom. The van der Waals surface area contributed by atoms with Crippen LogP contribution in [0.25, 0.3) is 43.1 Å². The fraction of sp³-hybridized carbons (Fsp3) is 0.157. The second-order valence-corrected chi connectivity index (χ2v) is 32.3. The van der Waals surface area contributed by atoms with Gasteiger partial charge in [0.15, 0.2) is 0 Å². The van der Waals surface area contributed by atoms with Gasteiger partial charge in [-0.3, -0.25) is 57.7 Å². The zero-order valence-corrected chi connectivity index (χ0v) is 72.6. The van der Waals surface area contributed by atoms with Gasteiger partial charge in [0.05, 0.1) is 42.4 Å². The maximum absolute atomic E-state index is 17.0. The predicted molar refractivity (Wildman–Crippen MR) is 498 cm³/mol. The van der Waals surface area contributed by atoms with Crippen molar-refractivity contribution in [1.29, 1.82) is 0 Å². The smallest absolute Gasteiger partial charge is 0.262 e. The number of rotatable bonds is 36. The summed E-state index contributed by atoms with van der Waals surface area (Å²) in [7, 11) is 0. The largest absolute Gasteiger partial charge is 0.457 e. The molecular weight excluding hydrogens is 1700 g/mol. The first-order valence-electron chi connectivity index (χ1n) is 41.4. The molecule has 2 atom stereocenters. The number of carbonyl (C=O) groups excluding carboxylic acids is 10. The molecule has 128 heavy (non-hydrogen) atoms. The van der Waals surface area contributed by atoms with E-state index in [1.807, 2.05) is 24.3 Å². The zero-order chi connectivity index (χ0) is 90.1. The van der Waals surface area contributed by atoms with E-state index in [2.05, 4.69) is 47.6 Å². The van der Waals surface area contributed by atoms with Crippen molar-refractivity contribution in [1.82, 2.24) is 31.1 Å². The molecule has 0 fully saturated rings.